The lowest BCUT2D eigenvalue weighted by Gasteiger charge is -2.36. The Labute approximate surface area is 110 Å². The van der Waals surface area contributed by atoms with Crippen molar-refractivity contribution < 1.29 is 13.5 Å². The minimum absolute atomic E-state index is 0.0566. The molecule has 2 rings (SSSR count). The van der Waals surface area contributed by atoms with Gasteiger partial charge in [0.25, 0.3) is 0 Å². The fourth-order valence-corrected chi connectivity index (χ4v) is 5.15. The van der Waals surface area contributed by atoms with E-state index in [1.165, 1.54) is 12.8 Å². The maximum Gasteiger partial charge on any atom is 0.154 e. The highest BCUT2D eigenvalue weighted by atomic mass is 32.2. The highest BCUT2D eigenvalue weighted by Gasteiger charge is 2.42. The predicted molar refractivity (Wildman–Crippen MR) is 72.2 cm³/mol. The highest BCUT2D eigenvalue weighted by molar-refractivity contribution is 7.91. The van der Waals surface area contributed by atoms with Gasteiger partial charge in [-0.1, -0.05) is 26.7 Å². The lowest BCUT2D eigenvalue weighted by Crippen LogP contribution is -2.49. The molecule has 0 aromatic rings. The average Bonchev–Trinajstić information content (AvgIpc) is 2.82. The van der Waals surface area contributed by atoms with Gasteiger partial charge in [0.1, 0.15) is 0 Å². The van der Waals surface area contributed by atoms with Crippen LogP contribution in [-0.2, 0) is 9.84 Å². The zero-order valence-electron chi connectivity index (χ0n) is 11.4. The van der Waals surface area contributed by atoms with Crippen molar-refractivity contribution in [3.63, 3.8) is 0 Å². The molecule has 0 amide bonds. The van der Waals surface area contributed by atoms with Gasteiger partial charge in [-0.05, 0) is 18.8 Å². The summed E-state index contributed by atoms with van der Waals surface area (Å²) in [4.78, 5) is 2.28. The molecule has 1 aliphatic carbocycles. The Balaban J connectivity index is 2.13. The van der Waals surface area contributed by atoms with Gasteiger partial charge in [-0.2, -0.15) is 0 Å². The molecule has 18 heavy (non-hydrogen) atoms. The van der Waals surface area contributed by atoms with Gasteiger partial charge >= 0.3 is 0 Å². The Morgan fingerprint density at radius 2 is 1.83 bits per heavy atom. The average molecular weight is 275 g/mol. The molecule has 2 aliphatic rings. The first-order chi connectivity index (χ1) is 8.39. The van der Waals surface area contributed by atoms with Crippen LogP contribution in [0.3, 0.4) is 0 Å². The van der Waals surface area contributed by atoms with Gasteiger partial charge in [0.2, 0.25) is 0 Å². The van der Waals surface area contributed by atoms with Crippen LogP contribution >= 0.6 is 0 Å². The zero-order chi connectivity index (χ0) is 13.3. The lowest BCUT2D eigenvalue weighted by atomic mass is 10.0. The van der Waals surface area contributed by atoms with Gasteiger partial charge < -0.3 is 5.11 Å². The molecule has 2 fully saturated rings. The summed E-state index contributed by atoms with van der Waals surface area (Å²) in [5.74, 6) is 0.581. The van der Waals surface area contributed by atoms with Gasteiger partial charge in [-0.15, -0.1) is 0 Å². The van der Waals surface area contributed by atoms with E-state index in [4.69, 9.17) is 0 Å². The van der Waals surface area contributed by atoms with E-state index in [2.05, 4.69) is 18.7 Å². The van der Waals surface area contributed by atoms with Crippen molar-refractivity contribution in [2.75, 3.05) is 18.1 Å². The largest absolute Gasteiger partial charge is 0.390 e. The van der Waals surface area contributed by atoms with Crippen molar-refractivity contribution in [3.05, 3.63) is 0 Å². The molecule has 1 aliphatic heterocycles. The van der Waals surface area contributed by atoms with Crippen LogP contribution in [-0.4, -0.2) is 54.7 Å². The first-order valence-electron chi connectivity index (χ1n) is 7.03. The first kappa shape index (κ1) is 14.3. The minimum Gasteiger partial charge on any atom is -0.390 e. The second-order valence-corrected chi connectivity index (χ2v) is 8.39. The number of aliphatic hydroxyl groups excluding tert-OH is 1. The van der Waals surface area contributed by atoms with E-state index < -0.39 is 15.9 Å². The molecular weight excluding hydrogens is 250 g/mol. The van der Waals surface area contributed by atoms with Crippen molar-refractivity contribution >= 4 is 9.84 Å². The number of rotatable bonds is 4. The van der Waals surface area contributed by atoms with E-state index in [-0.39, 0.29) is 17.5 Å². The van der Waals surface area contributed by atoms with Crippen molar-refractivity contribution in [2.24, 2.45) is 5.92 Å². The maximum absolute atomic E-state index is 11.7. The predicted octanol–water partition coefficient (Wildman–Crippen LogP) is 1.04. The molecule has 2 unspecified atom stereocenters. The zero-order valence-corrected chi connectivity index (χ0v) is 12.2. The number of hydrogen-bond donors (Lipinski definition) is 1. The van der Waals surface area contributed by atoms with Gasteiger partial charge in [0.05, 0.1) is 23.7 Å². The molecule has 0 spiro atoms. The molecule has 0 radical (unpaired) electrons. The van der Waals surface area contributed by atoms with Gasteiger partial charge in [-0.25, -0.2) is 8.42 Å². The fourth-order valence-electron chi connectivity index (χ4n) is 3.34. The molecular formula is C13H25NO3S. The van der Waals surface area contributed by atoms with Crippen LogP contribution in [0.5, 0.6) is 0 Å². The Bertz CT molecular complexity index is 374. The molecule has 1 N–H and O–H groups in total. The van der Waals surface area contributed by atoms with E-state index in [9.17, 15) is 13.5 Å². The quantitative estimate of drug-likeness (QED) is 0.833. The van der Waals surface area contributed by atoms with E-state index in [1.807, 2.05) is 0 Å². The van der Waals surface area contributed by atoms with Crippen LogP contribution < -0.4 is 0 Å². The van der Waals surface area contributed by atoms with E-state index >= 15 is 0 Å². The van der Waals surface area contributed by atoms with Crippen LogP contribution in [0.4, 0.5) is 0 Å². The van der Waals surface area contributed by atoms with E-state index in [1.54, 1.807) is 0 Å². The molecule has 0 aromatic heterocycles. The topological polar surface area (TPSA) is 57.6 Å². The third kappa shape index (κ3) is 3.25. The highest BCUT2D eigenvalue weighted by Crippen LogP contribution is 2.29. The summed E-state index contributed by atoms with van der Waals surface area (Å²) in [7, 11) is -3.05. The molecule has 1 heterocycles. The summed E-state index contributed by atoms with van der Waals surface area (Å²) in [5, 5.41) is 10.0. The second-order valence-electron chi connectivity index (χ2n) is 6.24. The molecule has 5 heteroatoms. The standard InChI is InChI=1S/C13H25NO3S/c1-10(2)7-14(11-5-3-4-6-11)12-8-18(16,17)9-13(12)15/h10-13,15H,3-9H2,1-2H3. The molecule has 0 aromatic carbocycles. The summed E-state index contributed by atoms with van der Waals surface area (Å²) in [6.07, 6.45) is 4.06. The lowest BCUT2D eigenvalue weighted by molar-refractivity contribution is 0.0469. The smallest absolute Gasteiger partial charge is 0.154 e. The summed E-state index contributed by atoms with van der Waals surface area (Å²) in [5.41, 5.74) is 0. The molecule has 1 saturated heterocycles. The summed E-state index contributed by atoms with van der Waals surface area (Å²) in [6.45, 7) is 5.19. The van der Waals surface area contributed by atoms with Crippen LogP contribution in [0.25, 0.3) is 0 Å². The molecule has 0 bridgehead atoms. The molecule has 106 valence electrons. The third-order valence-electron chi connectivity index (χ3n) is 4.09. The summed E-state index contributed by atoms with van der Waals surface area (Å²) in [6, 6.07) is 0.292. The number of aliphatic hydroxyl groups is 1. The third-order valence-corrected chi connectivity index (χ3v) is 5.79. The normalized spacial score (nSPS) is 32.7. The number of hydrogen-bond acceptors (Lipinski definition) is 4. The molecule has 1 saturated carbocycles. The minimum atomic E-state index is -3.05. The summed E-state index contributed by atoms with van der Waals surface area (Å²) < 4.78 is 23.3. The molecule has 2 atom stereocenters. The second kappa shape index (κ2) is 5.47. The van der Waals surface area contributed by atoms with Crippen molar-refractivity contribution in [2.45, 2.75) is 57.7 Å². The van der Waals surface area contributed by atoms with Crippen LogP contribution in [0.15, 0.2) is 0 Å². The summed E-state index contributed by atoms with van der Waals surface area (Å²) >= 11 is 0. The Morgan fingerprint density at radius 1 is 1.22 bits per heavy atom. The monoisotopic (exact) mass is 275 g/mol. The Hall–Kier alpha value is -0.130. The van der Waals surface area contributed by atoms with Gasteiger partial charge in [0, 0.05) is 12.6 Å². The van der Waals surface area contributed by atoms with Crippen molar-refractivity contribution in [1.29, 1.82) is 0 Å². The van der Waals surface area contributed by atoms with E-state index in [0.717, 1.165) is 19.4 Å². The fraction of sp³-hybridized carbons (Fsp3) is 1.00. The Morgan fingerprint density at radius 3 is 2.28 bits per heavy atom. The first-order valence-corrected chi connectivity index (χ1v) is 8.85. The Kier molecular flexibility index (Phi) is 4.34. The number of sulfone groups is 1. The maximum atomic E-state index is 11.7. The van der Waals surface area contributed by atoms with Crippen LogP contribution in [0, 0.1) is 5.92 Å². The number of nitrogens with zero attached hydrogens (tertiary/aromatic N) is 1. The van der Waals surface area contributed by atoms with Gasteiger partial charge in [-0.3, -0.25) is 4.90 Å². The van der Waals surface area contributed by atoms with Crippen molar-refractivity contribution in [1.82, 2.24) is 4.90 Å². The van der Waals surface area contributed by atoms with Crippen LogP contribution in [0.2, 0.25) is 0 Å². The SMILES string of the molecule is CC(C)CN(C1CCCC1)C1CS(=O)(=O)CC1O. The van der Waals surface area contributed by atoms with Gasteiger partial charge in [0.15, 0.2) is 9.84 Å². The van der Waals surface area contributed by atoms with E-state index in [0.29, 0.717) is 12.0 Å². The van der Waals surface area contributed by atoms with Crippen LogP contribution in [0.1, 0.15) is 39.5 Å². The molecule has 4 nitrogen and oxygen atoms in total. The van der Waals surface area contributed by atoms with Crippen molar-refractivity contribution in [3.8, 4) is 0 Å².